The Hall–Kier alpha value is -4.39. The van der Waals surface area contributed by atoms with Gasteiger partial charge in [0.25, 0.3) is 5.89 Å². The highest BCUT2D eigenvalue weighted by Gasteiger charge is 2.36. The molecule has 7 nitrogen and oxygen atoms in total. The Morgan fingerprint density at radius 2 is 1.80 bits per heavy atom. The topological polar surface area (TPSA) is 80.5 Å². The molecule has 1 aliphatic rings. The number of rotatable bonds is 6. The lowest BCUT2D eigenvalue weighted by molar-refractivity contribution is 0.244. The van der Waals surface area contributed by atoms with Crippen molar-refractivity contribution in [3.8, 4) is 17.1 Å². The van der Waals surface area contributed by atoms with Crippen LogP contribution in [0.4, 0.5) is 10.5 Å². The van der Waals surface area contributed by atoms with E-state index in [1.165, 1.54) is 5.56 Å². The number of aromatic nitrogens is 2. The highest BCUT2D eigenvalue weighted by Crippen LogP contribution is 2.39. The zero-order valence-electron chi connectivity index (χ0n) is 19.9. The van der Waals surface area contributed by atoms with Gasteiger partial charge in [-0.25, -0.2) is 4.79 Å². The third-order valence-corrected chi connectivity index (χ3v) is 6.21. The zero-order chi connectivity index (χ0) is 24.4. The molecule has 2 amide bonds. The number of allylic oxidation sites excluding steroid dienone is 1. The molecule has 0 radical (unpaired) electrons. The Morgan fingerprint density at radius 1 is 1.03 bits per heavy atom. The first-order valence-electron chi connectivity index (χ1n) is 11.5. The molecule has 5 rings (SSSR count). The summed E-state index contributed by atoms with van der Waals surface area (Å²) >= 11 is 0. The molecule has 0 fully saturated rings. The molecular formula is C28H26N4O3. The molecule has 0 bridgehead atoms. The van der Waals surface area contributed by atoms with Crippen molar-refractivity contribution in [2.75, 3.05) is 12.0 Å². The van der Waals surface area contributed by atoms with E-state index in [4.69, 9.17) is 14.2 Å². The van der Waals surface area contributed by atoms with E-state index in [1.54, 1.807) is 12.0 Å². The molecule has 35 heavy (non-hydrogen) atoms. The molecule has 1 aromatic heterocycles. The number of hydrogen-bond donors (Lipinski definition) is 1. The summed E-state index contributed by atoms with van der Waals surface area (Å²) < 4.78 is 11.1. The number of hydrogen-bond acceptors (Lipinski definition) is 5. The van der Waals surface area contributed by atoms with Gasteiger partial charge in [0.2, 0.25) is 5.82 Å². The van der Waals surface area contributed by atoms with Crippen LogP contribution >= 0.6 is 0 Å². The number of ether oxygens (including phenoxy) is 1. The molecule has 1 aliphatic heterocycles. The average molecular weight is 467 g/mol. The van der Waals surface area contributed by atoms with Crippen molar-refractivity contribution < 1.29 is 14.1 Å². The average Bonchev–Trinajstić information content (AvgIpc) is 3.39. The van der Waals surface area contributed by atoms with Crippen molar-refractivity contribution in [1.82, 2.24) is 15.5 Å². The van der Waals surface area contributed by atoms with Crippen LogP contribution in [0.2, 0.25) is 0 Å². The van der Waals surface area contributed by atoms with Gasteiger partial charge in [-0.2, -0.15) is 4.98 Å². The second kappa shape index (κ2) is 9.46. The first kappa shape index (κ1) is 22.4. The number of amides is 2. The molecule has 4 aromatic rings. The lowest BCUT2D eigenvalue weighted by Crippen LogP contribution is -2.46. The summed E-state index contributed by atoms with van der Waals surface area (Å²) in [6, 6.07) is 24.6. The van der Waals surface area contributed by atoms with Crippen LogP contribution in [-0.2, 0) is 6.42 Å². The van der Waals surface area contributed by atoms with Crippen LogP contribution < -0.4 is 15.0 Å². The predicted molar refractivity (Wildman–Crippen MR) is 135 cm³/mol. The quantitative estimate of drug-likeness (QED) is 0.376. The monoisotopic (exact) mass is 466 g/mol. The summed E-state index contributed by atoms with van der Waals surface area (Å²) in [7, 11) is 1.60. The van der Waals surface area contributed by atoms with Gasteiger partial charge >= 0.3 is 6.03 Å². The fraction of sp³-hybridized carbons (Fsp3) is 0.179. The molecule has 2 heterocycles. The number of nitrogens with zero attached hydrogens (tertiary/aromatic N) is 3. The van der Waals surface area contributed by atoms with Gasteiger partial charge < -0.3 is 14.6 Å². The molecule has 7 heteroatoms. The molecular weight excluding hydrogens is 440 g/mol. The number of aryl methyl sites for hydroxylation is 1. The Labute approximate surface area is 204 Å². The molecule has 1 N–H and O–H groups in total. The summed E-state index contributed by atoms with van der Waals surface area (Å²) in [6.45, 7) is 4.01. The van der Waals surface area contributed by atoms with Gasteiger partial charge in [0, 0.05) is 17.3 Å². The van der Waals surface area contributed by atoms with E-state index in [0.717, 1.165) is 23.1 Å². The van der Waals surface area contributed by atoms with Crippen molar-refractivity contribution in [1.29, 1.82) is 0 Å². The molecule has 0 saturated heterocycles. The molecule has 0 saturated carbocycles. The Morgan fingerprint density at radius 3 is 2.51 bits per heavy atom. The van der Waals surface area contributed by atoms with Gasteiger partial charge in [-0.3, -0.25) is 4.90 Å². The summed E-state index contributed by atoms with van der Waals surface area (Å²) in [5, 5.41) is 7.37. The highest BCUT2D eigenvalue weighted by molar-refractivity contribution is 6.01. The Kier molecular flexibility index (Phi) is 6.06. The second-order valence-electron chi connectivity index (χ2n) is 8.30. The van der Waals surface area contributed by atoms with Gasteiger partial charge in [0.1, 0.15) is 5.75 Å². The molecule has 0 aliphatic carbocycles. The van der Waals surface area contributed by atoms with Crippen LogP contribution in [0.1, 0.15) is 36.9 Å². The van der Waals surface area contributed by atoms with Gasteiger partial charge in [0.15, 0.2) is 0 Å². The van der Waals surface area contributed by atoms with E-state index in [2.05, 4.69) is 29.5 Å². The summed E-state index contributed by atoms with van der Waals surface area (Å²) in [4.78, 5) is 19.7. The molecule has 1 unspecified atom stereocenters. The number of benzene rings is 3. The van der Waals surface area contributed by atoms with Crippen molar-refractivity contribution >= 4 is 17.3 Å². The third kappa shape index (κ3) is 4.28. The minimum Gasteiger partial charge on any atom is -0.497 e. The van der Waals surface area contributed by atoms with Crippen molar-refractivity contribution in [2.24, 2.45) is 0 Å². The van der Waals surface area contributed by atoms with Crippen LogP contribution in [0.5, 0.6) is 5.75 Å². The van der Waals surface area contributed by atoms with Crippen molar-refractivity contribution in [3.63, 3.8) is 0 Å². The van der Waals surface area contributed by atoms with E-state index in [-0.39, 0.29) is 6.03 Å². The minimum absolute atomic E-state index is 0.244. The number of methoxy groups -OCH3 is 1. The van der Waals surface area contributed by atoms with Crippen LogP contribution in [-0.4, -0.2) is 23.3 Å². The minimum atomic E-state index is -0.445. The standard InChI is InChI=1S/C28H26N4O3/c1-4-19-13-15-20(16-14-19)25-24(27-30-26(31-35-27)21-9-6-5-7-10-21)18(2)32(28(33)29-25)22-11-8-12-23(17-22)34-3/h5-17,25H,4H2,1-3H3,(H,29,33). The third-order valence-electron chi connectivity index (χ3n) is 6.21. The largest absolute Gasteiger partial charge is 0.497 e. The Balaban J connectivity index is 1.65. The molecule has 1 atom stereocenters. The first-order valence-corrected chi connectivity index (χ1v) is 11.5. The first-order chi connectivity index (χ1) is 17.1. The van der Waals surface area contributed by atoms with Gasteiger partial charge in [-0.15, -0.1) is 0 Å². The summed E-state index contributed by atoms with van der Waals surface area (Å²) in [5.41, 5.74) is 5.14. The van der Waals surface area contributed by atoms with E-state index in [9.17, 15) is 4.79 Å². The van der Waals surface area contributed by atoms with Crippen LogP contribution in [0, 0.1) is 0 Å². The number of carbonyl (C=O) groups is 1. The maximum absolute atomic E-state index is 13.4. The number of urea groups is 1. The van der Waals surface area contributed by atoms with Gasteiger partial charge in [-0.1, -0.05) is 72.7 Å². The van der Waals surface area contributed by atoms with E-state index in [0.29, 0.717) is 28.8 Å². The van der Waals surface area contributed by atoms with Gasteiger partial charge in [0.05, 0.1) is 24.4 Å². The number of anilines is 1. The lowest BCUT2D eigenvalue weighted by Gasteiger charge is -2.35. The van der Waals surface area contributed by atoms with Crippen molar-refractivity contribution in [2.45, 2.75) is 26.3 Å². The number of carbonyl (C=O) groups excluding carboxylic acids is 1. The van der Waals surface area contributed by atoms with Crippen molar-refractivity contribution in [3.05, 3.63) is 102 Å². The second-order valence-corrected chi connectivity index (χ2v) is 8.30. The lowest BCUT2D eigenvalue weighted by atomic mass is 9.93. The normalized spacial score (nSPS) is 15.8. The SMILES string of the molecule is CCc1ccc(C2NC(=O)N(c3cccc(OC)c3)C(C)=C2c2nc(-c3ccccc3)no2)cc1. The van der Waals surface area contributed by atoms with E-state index in [1.807, 2.05) is 73.7 Å². The van der Waals surface area contributed by atoms with Gasteiger partial charge in [-0.05, 0) is 36.6 Å². The Bertz CT molecular complexity index is 1380. The van der Waals surface area contributed by atoms with Crippen LogP contribution in [0.25, 0.3) is 17.0 Å². The fourth-order valence-electron chi connectivity index (χ4n) is 4.31. The number of nitrogens with one attached hydrogen (secondary N) is 1. The van der Waals surface area contributed by atoms with E-state index < -0.39 is 6.04 Å². The molecule has 3 aromatic carbocycles. The molecule has 0 spiro atoms. The fourth-order valence-corrected chi connectivity index (χ4v) is 4.31. The summed E-state index contributed by atoms with van der Waals surface area (Å²) in [6.07, 6.45) is 0.937. The smallest absolute Gasteiger partial charge is 0.327 e. The van der Waals surface area contributed by atoms with Crippen LogP contribution in [0.15, 0.2) is 89.1 Å². The van der Waals surface area contributed by atoms with E-state index >= 15 is 0 Å². The van der Waals surface area contributed by atoms with Crippen LogP contribution in [0.3, 0.4) is 0 Å². The maximum atomic E-state index is 13.4. The maximum Gasteiger partial charge on any atom is 0.327 e. The highest BCUT2D eigenvalue weighted by atomic mass is 16.5. The summed E-state index contributed by atoms with van der Waals surface area (Å²) in [5.74, 6) is 1.51. The predicted octanol–water partition coefficient (Wildman–Crippen LogP) is 6.01. The molecule has 176 valence electrons. The zero-order valence-corrected chi connectivity index (χ0v) is 19.9.